The Bertz CT molecular complexity index is 626. The van der Waals surface area contributed by atoms with E-state index in [4.69, 9.17) is 0 Å². The number of rotatable bonds is 4. The molecule has 0 aromatic heterocycles. The van der Waals surface area contributed by atoms with Crippen molar-refractivity contribution in [2.45, 2.75) is 12.3 Å². The fourth-order valence-corrected chi connectivity index (χ4v) is 3.46. The molecule has 3 heteroatoms. The van der Waals surface area contributed by atoms with Gasteiger partial charge in [0.25, 0.3) is 5.91 Å². The Balaban J connectivity index is 1.78. The number of carbonyl (C=O) groups excluding carboxylic acids is 1. The van der Waals surface area contributed by atoms with Gasteiger partial charge in [0.15, 0.2) is 0 Å². The number of hydrogen-bond donors (Lipinski definition) is 0. The standard InChI is InChI=1S/C18H18BrNO/c19-12-16(14-6-2-1-3-7-14)13-20-11-10-15-8-4-5-9-17(15)18(20)21/h1-9,16H,10-13H2. The molecule has 0 radical (unpaired) electrons. The molecular weight excluding hydrogens is 326 g/mol. The van der Waals surface area contributed by atoms with Crippen LogP contribution >= 0.6 is 15.9 Å². The number of amides is 1. The van der Waals surface area contributed by atoms with Gasteiger partial charge >= 0.3 is 0 Å². The van der Waals surface area contributed by atoms with Crippen LogP contribution in [0.3, 0.4) is 0 Å². The first kappa shape index (κ1) is 14.3. The van der Waals surface area contributed by atoms with Gasteiger partial charge in [0.05, 0.1) is 0 Å². The van der Waals surface area contributed by atoms with E-state index < -0.39 is 0 Å². The van der Waals surface area contributed by atoms with Gasteiger partial charge in [-0.2, -0.15) is 0 Å². The zero-order valence-corrected chi connectivity index (χ0v) is 13.4. The molecule has 1 aliphatic heterocycles. The first-order valence-corrected chi connectivity index (χ1v) is 8.40. The van der Waals surface area contributed by atoms with Crippen molar-refractivity contribution in [3.8, 4) is 0 Å². The maximum absolute atomic E-state index is 12.6. The molecular formula is C18H18BrNO. The third-order valence-electron chi connectivity index (χ3n) is 4.08. The van der Waals surface area contributed by atoms with Gasteiger partial charge in [0.2, 0.25) is 0 Å². The summed E-state index contributed by atoms with van der Waals surface area (Å²) in [7, 11) is 0. The number of nitrogens with zero attached hydrogens (tertiary/aromatic N) is 1. The molecule has 0 N–H and O–H groups in total. The molecule has 0 fully saturated rings. The van der Waals surface area contributed by atoms with Crippen LogP contribution in [0.1, 0.15) is 27.4 Å². The van der Waals surface area contributed by atoms with E-state index >= 15 is 0 Å². The Hall–Kier alpha value is -1.61. The lowest BCUT2D eigenvalue weighted by atomic mass is 9.96. The molecule has 1 amide bonds. The number of hydrogen-bond acceptors (Lipinski definition) is 1. The summed E-state index contributed by atoms with van der Waals surface area (Å²) < 4.78 is 0. The predicted octanol–water partition coefficient (Wildman–Crippen LogP) is 3.86. The highest BCUT2D eigenvalue weighted by atomic mass is 79.9. The van der Waals surface area contributed by atoms with Crippen LogP contribution < -0.4 is 0 Å². The van der Waals surface area contributed by atoms with Crippen molar-refractivity contribution < 1.29 is 4.79 Å². The predicted molar refractivity (Wildman–Crippen MR) is 89.0 cm³/mol. The van der Waals surface area contributed by atoms with Crippen LogP contribution in [0.25, 0.3) is 0 Å². The monoisotopic (exact) mass is 343 g/mol. The van der Waals surface area contributed by atoms with E-state index in [1.807, 2.05) is 29.2 Å². The quantitative estimate of drug-likeness (QED) is 0.772. The highest BCUT2D eigenvalue weighted by molar-refractivity contribution is 9.09. The Labute approximate surface area is 133 Å². The lowest BCUT2D eigenvalue weighted by molar-refractivity contribution is 0.0732. The van der Waals surface area contributed by atoms with Crippen molar-refractivity contribution in [2.75, 3.05) is 18.4 Å². The molecule has 1 aliphatic rings. The zero-order valence-electron chi connectivity index (χ0n) is 11.8. The number of benzene rings is 2. The van der Waals surface area contributed by atoms with Crippen LogP contribution in [0, 0.1) is 0 Å². The first-order chi connectivity index (χ1) is 10.3. The molecule has 1 heterocycles. The summed E-state index contributed by atoms with van der Waals surface area (Å²) in [5.41, 5.74) is 3.32. The van der Waals surface area contributed by atoms with Gasteiger partial charge in [-0.05, 0) is 23.6 Å². The average molecular weight is 344 g/mol. The molecule has 0 spiro atoms. The van der Waals surface area contributed by atoms with Crippen molar-refractivity contribution in [1.29, 1.82) is 0 Å². The summed E-state index contributed by atoms with van der Waals surface area (Å²) in [5, 5.41) is 0.864. The third-order valence-corrected chi connectivity index (χ3v) is 4.87. The van der Waals surface area contributed by atoms with Gasteiger partial charge < -0.3 is 4.90 Å². The summed E-state index contributed by atoms with van der Waals surface area (Å²) in [4.78, 5) is 14.6. The second-order valence-corrected chi connectivity index (χ2v) is 6.07. The van der Waals surface area contributed by atoms with E-state index in [2.05, 4.69) is 46.3 Å². The van der Waals surface area contributed by atoms with Crippen molar-refractivity contribution in [1.82, 2.24) is 4.90 Å². The maximum atomic E-state index is 12.6. The fourth-order valence-electron chi connectivity index (χ4n) is 2.88. The van der Waals surface area contributed by atoms with Gasteiger partial charge in [-0.3, -0.25) is 4.79 Å². The Morgan fingerprint density at radius 3 is 2.52 bits per heavy atom. The van der Waals surface area contributed by atoms with E-state index in [9.17, 15) is 4.79 Å². The molecule has 2 aromatic rings. The van der Waals surface area contributed by atoms with Crippen LogP contribution in [0.5, 0.6) is 0 Å². The lowest BCUT2D eigenvalue weighted by Gasteiger charge is -2.31. The number of halogens is 1. The van der Waals surface area contributed by atoms with E-state index in [1.165, 1.54) is 11.1 Å². The topological polar surface area (TPSA) is 20.3 Å². The highest BCUT2D eigenvalue weighted by Crippen LogP contribution is 2.24. The molecule has 0 bridgehead atoms. The fraction of sp³-hybridized carbons (Fsp3) is 0.278. The third kappa shape index (κ3) is 3.03. The molecule has 1 atom stereocenters. The SMILES string of the molecule is O=C1c2ccccc2CCN1CC(CBr)c1ccccc1. The Morgan fingerprint density at radius 1 is 1.05 bits per heavy atom. The molecule has 21 heavy (non-hydrogen) atoms. The minimum absolute atomic E-state index is 0.165. The molecule has 0 saturated carbocycles. The molecule has 0 aliphatic carbocycles. The van der Waals surface area contributed by atoms with Gasteiger partial charge in [-0.15, -0.1) is 0 Å². The average Bonchev–Trinajstić information content (AvgIpc) is 2.55. The van der Waals surface area contributed by atoms with Crippen LogP contribution in [0.2, 0.25) is 0 Å². The van der Waals surface area contributed by atoms with Gasteiger partial charge in [0, 0.05) is 29.9 Å². The lowest BCUT2D eigenvalue weighted by Crippen LogP contribution is -2.40. The van der Waals surface area contributed by atoms with Crippen LogP contribution in [-0.2, 0) is 6.42 Å². The molecule has 1 unspecified atom stereocenters. The molecule has 3 rings (SSSR count). The zero-order chi connectivity index (χ0) is 14.7. The summed E-state index contributed by atoms with van der Waals surface area (Å²) in [5.74, 6) is 0.499. The van der Waals surface area contributed by atoms with Gasteiger partial charge in [0.1, 0.15) is 0 Å². The second-order valence-electron chi connectivity index (χ2n) is 5.42. The van der Waals surface area contributed by atoms with Crippen LogP contribution in [-0.4, -0.2) is 29.2 Å². The first-order valence-electron chi connectivity index (χ1n) is 7.27. The van der Waals surface area contributed by atoms with Crippen molar-refractivity contribution in [2.24, 2.45) is 0 Å². The maximum Gasteiger partial charge on any atom is 0.254 e. The summed E-state index contributed by atoms with van der Waals surface area (Å²) in [6.45, 7) is 1.58. The second kappa shape index (κ2) is 6.44. The van der Waals surface area contributed by atoms with E-state index in [0.29, 0.717) is 5.92 Å². The summed E-state index contributed by atoms with van der Waals surface area (Å²) in [6, 6.07) is 18.3. The molecule has 0 saturated heterocycles. The highest BCUT2D eigenvalue weighted by Gasteiger charge is 2.26. The molecule has 2 nitrogen and oxygen atoms in total. The minimum Gasteiger partial charge on any atom is -0.338 e. The number of fused-ring (bicyclic) bond motifs is 1. The smallest absolute Gasteiger partial charge is 0.254 e. The Kier molecular flexibility index (Phi) is 4.39. The van der Waals surface area contributed by atoms with E-state index in [1.54, 1.807) is 0 Å². The van der Waals surface area contributed by atoms with E-state index in [-0.39, 0.29) is 5.91 Å². The van der Waals surface area contributed by atoms with Crippen LogP contribution in [0.4, 0.5) is 0 Å². The number of carbonyl (C=O) groups is 1. The molecule has 108 valence electrons. The summed E-state index contributed by atoms with van der Waals surface area (Å²) in [6.07, 6.45) is 0.950. The molecule has 2 aromatic carbocycles. The normalized spacial score (nSPS) is 15.7. The van der Waals surface area contributed by atoms with Gasteiger partial charge in [-0.1, -0.05) is 64.5 Å². The largest absolute Gasteiger partial charge is 0.338 e. The van der Waals surface area contributed by atoms with Crippen molar-refractivity contribution >= 4 is 21.8 Å². The van der Waals surface area contributed by atoms with E-state index in [0.717, 1.165) is 30.4 Å². The van der Waals surface area contributed by atoms with Gasteiger partial charge in [-0.25, -0.2) is 0 Å². The van der Waals surface area contributed by atoms with Crippen molar-refractivity contribution in [3.63, 3.8) is 0 Å². The minimum atomic E-state index is 0.165. The van der Waals surface area contributed by atoms with Crippen molar-refractivity contribution in [3.05, 3.63) is 71.3 Å². The Morgan fingerprint density at radius 2 is 1.76 bits per heavy atom. The summed E-state index contributed by atoms with van der Waals surface area (Å²) >= 11 is 3.59. The number of alkyl halides is 1. The van der Waals surface area contributed by atoms with Crippen LogP contribution in [0.15, 0.2) is 54.6 Å².